The number of amides is 1. The molecule has 0 aliphatic heterocycles. The maximum atomic E-state index is 11.8. The van der Waals surface area contributed by atoms with Gasteiger partial charge in [0.05, 0.1) is 19.7 Å². The number of hydrogen-bond donors (Lipinski definition) is 1. The number of carbonyl (C=O) groups excluding carboxylic acids is 2. The molecule has 1 aromatic heterocycles. The maximum absolute atomic E-state index is 11.8. The van der Waals surface area contributed by atoms with Gasteiger partial charge < -0.3 is 9.47 Å². The number of anilines is 1. The lowest BCUT2D eigenvalue weighted by molar-refractivity contribution is 0.170. The van der Waals surface area contributed by atoms with Gasteiger partial charge in [-0.15, -0.1) is 5.10 Å². The summed E-state index contributed by atoms with van der Waals surface area (Å²) in [6, 6.07) is 5.60. The minimum absolute atomic E-state index is 0.0793. The van der Waals surface area contributed by atoms with Crippen molar-refractivity contribution in [3.05, 3.63) is 23.8 Å². The van der Waals surface area contributed by atoms with Crippen LogP contribution in [0.4, 0.5) is 15.4 Å². The van der Waals surface area contributed by atoms with Crippen LogP contribution >= 0.6 is 0 Å². The van der Waals surface area contributed by atoms with Gasteiger partial charge in [-0.05, 0) is 23.1 Å². The Bertz CT molecular complexity index is 728. The fraction of sp³-hybridized carbons (Fsp3) is 0.400. The number of carbonyl (C=O) groups is 2. The molecule has 2 aromatic rings. The molecule has 7 heteroatoms. The molecule has 0 spiro atoms. The summed E-state index contributed by atoms with van der Waals surface area (Å²) in [5, 5.41) is 7.25. The highest BCUT2D eigenvalue weighted by Gasteiger charge is 2.21. The number of aromatic nitrogens is 2. The molecule has 22 heavy (non-hydrogen) atoms. The van der Waals surface area contributed by atoms with Gasteiger partial charge in [0.1, 0.15) is 0 Å². The van der Waals surface area contributed by atoms with E-state index in [0.29, 0.717) is 10.9 Å². The average molecular weight is 305 g/mol. The van der Waals surface area contributed by atoms with Crippen molar-refractivity contribution in [3.63, 3.8) is 0 Å². The van der Waals surface area contributed by atoms with E-state index in [9.17, 15) is 9.59 Å². The van der Waals surface area contributed by atoms with Gasteiger partial charge in [0.25, 0.3) is 0 Å². The van der Waals surface area contributed by atoms with Crippen LogP contribution in [0.15, 0.2) is 18.2 Å². The molecule has 0 atom stereocenters. The second kappa shape index (κ2) is 5.67. The summed E-state index contributed by atoms with van der Waals surface area (Å²) < 4.78 is 10.4. The normalized spacial score (nSPS) is 11.3. The quantitative estimate of drug-likeness (QED) is 0.875. The standard InChI is InChI=1S/C15H19N3O4/c1-15(2,3)9-6-7-11-10(8-9)12(16-13(19)21-4)17-18(11)14(20)22-5/h6-8H,1-5H3,(H,16,17,19). The second-order valence-corrected chi connectivity index (χ2v) is 5.83. The van der Waals surface area contributed by atoms with Crippen LogP contribution in [-0.2, 0) is 14.9 Å². The third kappa shape index (κ3) is 2.88. The molecule has 1 N–H and O–H groups in total. The van der Waals surface area contributed by atoms with Crippen molar-refractivity contribution in [1.29, 1.82) is 0 Å². The first-order valence-electron chi connectivity index (χ1n) is 6.74. The molecule has 0 fully saturated rings. The fourth-order valence-corrected chi connectivity index (χ4v) is 2.05. The summed E-state index contributed by atoms with van der Waals surface area (Å²) >= 11 is 0. The zero-order valence-electron chi connectivity index (χ0n) is 13.3. The van der Waals surface area contributed by atoms with Crippen LogP contribution in [0.2, 0.25) is 0 Å². The molecular weight excluding hydrogens is 286 g/mol. The summed E-state index contributed by atoms with van der Waals surface area (Å²) in [4.78, 5) is 23.3. The highest BCUT2D eigenvalue weighted by Crippen LogP contribution is 2.30. The molecule has 0 saturated carbocycles. The summed E-state index contributed by atoms with van der Waals surface area (Å²) in [6.45, 7) is 6.23. The van der Waals surface area contributed by atoms with E-state index in [1.54, 1.807) is 6.07 Å². The molecule has 1 amide bonds. The third-order valence-electron chi connectivity index (χ3n) is 3.30. The van der Waals surface area contributed by atoms with E-state index in [2.05, 4.69) is 35.9 Å². The zero-order chi connectivity index (χ0) is 16.5. The van der Waals surface area contributed by atoms with Crippen molar-refractivity contribution < 1.29 is 19.1 Å². The Morgan fingerprint density at radius 3 is 2.41 bits per heavy atom. The van der Waals surface area contributed by atoms with Crippen molar-refractivity contribution in [2.45, 2.75) is 26.2 Å². The number of nitrogens with one attached hydrogen (secondary N) is 1. The number of methoxy groups -OCH3 is 2. The molecule has 0 saturated heterocycles. The van der Waals surface area contributed by atoms with Crippen molar-refractivity contribution in [2.24, 2.45) is 0 Å². The number of rotatable bonds is 1. The number of nitrogens with zero attached hydrogens (tertiary/aromatic N) is 2. The van der Waals surface area contributed by atoms with Crippen LogP contribution in [-0.4, -0.2) is 36.2 Å². The van der Waals surface area contributed by atoms with E-state index >= 15 is 0 Å². The maximum Gasteiger partial charge on any atom is 0.435 e. The SMILES string of the molecule is COC(=O)Nc1nn(C(=O)OC)c2ccc(C(C)(C)C)cc12. The monoisotopic (exact) mass is 305 g/mol. The molecule has 1 heterocycles. The highest BCUT2D eigenvalue weighted by atomic mass is 16.5. The largest absolute Gasteiger partial charge is 0.453 e. The second-order valence-electron chi connectivity index (χ2n) is 5.83. The van der Waals surface area contributed by atoms with Gasteiger partial charge in [-0.1, -0.05) is 26.8 Å². The van der Waals surface area contributed by atoms with E-state index in [0.717, 1.165) is 10.2 Å². The molecule has 118 valence electrons. The van der Waals surface area contributed by atoms with Gasteiger partial charge in [-0.25, -0.2) is 9.59 Å². The third-order valence-corrected chi connectivity index (χ3v) is 3.30. The molecular formula is C15H19N3O4. The molecule has 1 aromatic carbocycles. The summed E-state index contributed by atoms with van der Waals surface area (Å²) in [7, 11) is 2.53. The number of ether oxygens (including phenoxy) is 2. The molecule has 0 aliphatic rings. The first-order chi connectivity index (χ1) is 10.3. The van der Waals surface area contributed by atoms with E-state index in [1.807, 2.05) is 12.1 Å². The van der Waals surface area contributed by atoms with Crippen LogP contribution in [0.5, 0.6) is 0 Å². The minimum Gasteiger partial charge on any atom is -0.453 e. The lowest BCUT2D eigenvalue weighted by Gasteiger charge is -2.19. The van der Waals surface area contributed by atoms with Gasteiger partial charge >= 0.3 is 12.2 Å². The van der Waals surface area contributed by atoms with Crippen LogP contribution in [0.25, 0.3) is 10.9 Å². The Kier molecular flexibility index (Phi) is 4.07. The van der Waals surface area contributed by atoms with Crippen LogP contribution in [0, 0.1) is 0 Å². The van der Waals surface area contributed by atoms with Crippen LogP contribution in [0.3, 0.4) is 0 Å². The van der Waals surface area contributed by atoms with Crippen LogP contribution in [0.1, 0.15) is 26.3 Å². The molecule has 2 rings (SSSR count). The first-order valence-corrected chi connectivity index (χ1v) is 6.74. The molecule has 0 unspecified atom stereocenters. The molecule has 0 radical (unpaired) electrons. The lowest BCUT2D eigenvalue weighted by atomic mass is 9.86. The predicted molar refractivity (Wildman–Crippen MR) is 82.3 cm³/mol. The molecule has 0 bridgehead atoms. The van der Waals surface area contributed by atoms with Gasteiger partial charge in [0.15, 0.2) is 5.82 Å². The molecule has 7 nitrogen and oxygen atoms in total. The van der Waals surface area contributed by atoms with E-state index in [4.69, 9.17) is 4.74 Å². The number of benzene rings is 1. The number of fused-ring (bicyclic) bond motifs is 1. The Morgan fingerprint density at radius 1 is 1.18 bits per heavy atom. The number of hydrogen-bond acceptors (Lipinski definition) is 5. The Labute approximate surface area is 128 Å². The van der Waals surface area contributed by atoms with Crippen molar-refractivity contribution in [1.82, 2.24) is 9.78 Å². The van der Waals surface area contributed by atoms with Crippen molar-refractivity contribution >= 4 is 28.9 Å². The van der Waals surface area contributed by atoms with E-state index in [-0.39, 0.29) is 11.2 Å². The van der Waals surface area contributed by atoms with Crippen molar-refractivity contribution in [3.8, 4) is 0 Å². The van der Waals surface area contributed by atoms with E-state index < -0.39 is 12.2 Å². The Hall–Kier alpha value is -2.57. The summed E-state index contributed by atoms with van der Waals surface area (Å²) in [5.41, 5.74) is 1.52. The van der Waals surface area contributed by atoms with Gasteiger partial charge in [-0.2, -0.15) is 4.68 Å². The van der Waals surface area contributed by atoms with Crippen LogP contribution < -0.4 is 5.32 Å². The first kappa shape index (κ1) is 15.8. The molecule has 0 aliphatic carbocycles. The fourth-order valence-electron chi connectivity index (χ4n) is 2.05. The topological polar surface area (TPSA) is 82.5 Å². The summed E-state index contributed by atoms with van der Waals surface area (Å²) in [6.07, 6.45) is -1.29. The Balaban J connectivity index is 2.65. The van der Waals surface area contributed by atoms with Gasteiger partial charge in [0, 0.05) is 5.39 Å². The Morgan fingerprint density at radius 2 is 1.86 bits per heavy atom. The minimum atomic E-state index is -0.655. The predicted octanol–water partition coefficient (Wildman–Crippen LogP) is 3.13. The highest BCUT2D eigenvalue weighted by molar-refractivity contribution is 6.00. The zero-order valence-corrected chi connectivity index (χ0v) is 13.3. The van der Waals surface area contributed by atoms with E-state index in [1.165, 1.54) is 14.2 Å². The lowest BCUT2D eigenvalue weighted by Crippen LogP contribution is -2.15. The van der Waals surface area contributed by atoms with Crippen molar-refractivity contribution in [2.75, 3.05) is 19.5 Å². The average Bonchev–Trinajstić information content (AvgIpc) is 2.83. The van der Waals surface area contributed by atoms with Gasteiger partial charge in [-0.3, -0.25) is 5.32 Å². The summed E-state index contributed by atoms with van der Waals surface area (Å²) in [5.74, 6) is 0.248. The van der Waals surface area contributed by atoms with Gasteiger partial charge in [0.2, 0.25) is 0 Å². The smallest absolute Gasteiger partial charge is 0.435 e.